The number of hydrogen-bond acceptors (Lipinski definition) is 3. The minimum atomic E-state index is 0.161. The van der Waals surface area contributed by atoms with Crippen LogP contribution in [0.5, 0.6) is 0 Å². The summed E-state index contributed by atoms with van der Waals surface area (Å²) in [4.78, 5) is 4.58. The maximum Gasteiger partial charge on any atom is 0.0926 e. The van der Waals surface area contributed by atoms with Crippen LogP contribution in [0, 0.1) is 5.41 Å². The van der Waals surface area contributed by atoms with Gasteiger partial charge in [-0.15, -0.1) is 11.3 Å². The number of rotatable bonds is 5. The molecular formula is C14H26N2S. The van der Waals surface area contributed by atoms with Gasteiger partial charge in [-0.05, 0) is 32.1 Å². The molecule has 0 atom stereocenters. The van der Waals surface area contributed by atoms with E-state index in [0.29, 0.717) is 5.41 Å². The van der Waals surface area contributed by atoms with Gasteiger partial charge in [0.15, 0.2) is 0 Å². The fourth-order valence-electron chi connectivity index (χ4n) is 2.31. The summed E-state index contributed by atoms with van der Waals surface area (Å²) < 4.78 is 0. The zero-order chi connectivity index (χ0) is 13.1. The van der Waals surface area contributed by atoms with Crippen LogP contribution < -0.4 is 5.32 Å². The lowest BCUT2D eigenvalue weighted by atomic mass is 9.82. The van der Waals surface area contributed by atoms with Crippen molar-refractivity contribution in [1.82, 2.24) is 10.3 Å². The molecule has 0 amide bonds. The molecule has 1 N–H and O–H groups in total. The van der Waals surface area contributed by atoms with Gasteiger partial charge in [-0.1, -0.05) is 27.7 Å². The summed E-state index contributed by atoms with van der Waals surface area (Å²) in [7, 11) is 0. The van der Waals surface area contributed by atoms with E-state index in [9.17, 15) is 0 Å². The van der Waals surface area contributed by atoms with Crippen molar-refractivity contribution in [1.29, 1.82) is 0 Å². The van der Waals surface area contributed by atoms with Gasteiger partial charge in [0.1, 0.15) is 0 Å². The maximum absolute atomic E-state index is 4.58. The van der Waals surface area contributed by atoms with Crippen LogP contribution >= 0.6 is 11.3 Å². The predicted molar refractivity (Wildman–Crippen MR) is 76.5 cm³/mol. The first-order valence-electron chi connectivity index (χ1n) is 6.40. The molecule has 0 aliphatic rings. The fourth-order valence-corrected chi connectivity index (χ4v) is 3.06. The molecule has 0 aliphatic carbocycles. The third-order valence-electron chi connectivity index (χ3n) is 2.62. The van der Waals surface area contributed by atoms with Crippen molar-refractivity contribution in [2.45, 2.75) is 66.5 Å². The van der Waals surface area contributed by atoms with Crippen LogP contribution in [0.25, 0.3) is 0 Å². The number of aromatic nitrogens is 1. The zero-order valence-corrected chi connectivity index (χ0v) is 12.9. The maximum atomic E-state index is 4.58. The molecule has 2 nitrogen and oxygen atoms in total. The normalized spacial score (nSPS) is 13.1. The summed E-state index contributed by atoms with van der Waals surface area (Å²) >= 11 is 1.76. The molecule has 3 heteroatoms. The first kappa shape index (κ1) is 14.7. The standard InChI is InChI=1S/C14H26N2S/c1-7-12-16-11(9-17-12)8-15-14(5,6)10-13(2,3)4/h9,15H,7-8,10H2,1-6H3. The number of aryl methyl sites for hydroxylation is 1. The molecule has 1 aromatic heterocycles. The first-order chi connectivity index (χ1) is 7.72. The third-order valence-corrected chi connectivity index (χ3v) is 3.66. The Balaban J connectivity index is 2.49. The Bertz CT molecular complexity index is 347. The van der Waals surface area contributed by atoms with Gasteiger partial charge >= 0.3 is 0 Å². The van der Waals surface area contributed by atoms with Gasteiger partial charge in [0.2, 0.25) is 0 Å². The molecule has 0 unspecified atom stereocenters. The molecule has 98 valence electrons. The Kier molecular flexibility index (Phi) is 4.73. The highest BCUT2D eigenvalue weighted by molar-refractivity contribution is 7.09. The topological polar surface area (TPSA) is 24.9 Å². The molecule has 0 aromatic carbocycles. The van der Waals surface area contributed by atoms with Gasteiger partial charge in [0, 0.05) is 17.5 Å². The summed E-state index contributed by atoms with van der Waals surface area (Å²) in [5.41, 5.74) is 1.69. The lowest BCUT2D eigenvalue weighted by molar-refractivity contribution is 0.240. The van der Waals surface area contributed by atoms with Gasteiger partial charge in [-0.3, -0.25) is 0 Å². The Morgan fingerprint density at radius 2 is 1.88 bits per heavy atom. The highest BCUT2D eigenvalue weighted by Gasteiger charge is 2.24. The van der Waals surface area contributed by atoms with Crippen molar-refractivity contribution in [3.63, 3.8) is 0 Å². The van der Waals surface area contributed by atoms with Crippen LogP contribution in [0.4, 0.5) is 0 Å². The van der Waals surface area contributed by atoms with Crippen LogP contribution in [0.3, 0.4) is 0 Å². The average molecular weight is 254 g/mol. The highest BCUT2D eigenvalue weighted by Crippen LogP contribution is 2.27. The summed E-state index contributed by atoms with van der Waals surface area (Å²) in [6.07, 6.45) is 2.20. The van der Waals surface area contributed by atoms with Crippen LogP contribution in [0.15, 0.2) is 5.38 Å². The monoisotopic (exact) mass is 254 g/mol. The number of nitrogens with one attached hydrogen (secondary N) is 1. The minimum absolute atomic E-state index is 0.161. The van der Waals surface area contributed by atoms with Gasteiger partial charge in [0.25, 0.3) is 0 Å². The van der Waals surface area contributed by atoms with Crippen LogP contribution in [0.1, 0.15) is 58.7 Å². The molecule has 0 fully saturated rings. The summed E-state index contributed by atoms with van der Waals surface area (Å²) in [5.74, 6) is 0. The van der Waals surface area contributed by atoms with Crippen molar-refractivity contribution in [2.24, 2.45) is 5.41 Å². The molecular weight excluding hydrogens is 228 g/mol. The summed E-state index contributed by atoms with van der Waals surface area (Å²) in [6, 6.07) is 0. The third kappa shape index (κ3) is 5.64. The Labute approximate surface area is 110 Å². The Morgan fingerprint density at radius 3 is 2.35 bits per heavy atom. The lowest BCUT2D eigenvalue weighted by Gasteiger charge is -2.33. The Hall–Kier alpha value is -0.410. The average Bonchev–Trinajstić information content (AvgIpc) is 2.58. The van der Waals surface area contributed by atoms with E-state index in [1.165, 1.54) is 10.7 Å². The van der Waals surface area contributed by atoms with Crippen LogP contribution in [0.2, 0.25) is 0 Å². The molecule has 1 heterocycles. The van der Waals surface area contributed by atoms with Crippen molar-refractivity contribution in [3.8, 4) is 0 Å². The van der Waals surface area contributed by atoms with Gasteiger partial charge in [0.05, 0.1) is 10.7 Å². The smallest absolute Gasteiger partial charge is 0.0926 e. The van der Waals surface area contributed by atoms with E-state index in [1.54, 1.807) is 11.3 Å². The van der Waals surface area contributed by atoms with Crippen LogP contribution in [-0.2, 0) is 13.0 Å². The van der Waals surface area contributed by atoms with E-state index < -0.39 is 0 Å². The zero-order valence-electron chi connectivity index (χ0n) is 12.1. The first-order valence-corrected chi connectivity index (χ1v) is 7.28. The second-order valence-electron chi connectivity index (χ2n) is 6.56. The fraction of sp³-hybridized carbons (Fsp3) is 0.786. The van der Waals surface area contributed by atoms with E-state index in [2.05, 4.69) is 57.2 Å². The van der Waals surface area contributed by atoms with E-state index in [-0.39, 0.29) is 5.54 Å². The quantitative estimate of drug-likeness (QED) is 0.859. The molecule has 0 saturated carbocycles. The molecule has 0 aliphatic heterocycles. The van der Waals surface area contributed by atoms with E-state index in [0.717, 1.165) is 19.4 Å². The van der Waals surface area contributed by atoms with Crippen LogP contribution in [-0.4, -0.2) is 10.5 Å². The number of hydrogen-bond donors (Lipinski definition) is 1. The Morgan fingerprint density at radius 1 is 1.24 bits per heavy atom. The van der Waals surface area contributed by atoms with Gasteiger partial charge in [-0.2, -0.15) is 0 Å². The SMILES string of the molecule is CCc1nc(CNC(C)(C)CC(C)(C)C)cs1. The number of thiazole rings is 1. The lowest BCUT2D eigenvalue weighted by Crippen LogP contribution is -2.41. The second kappa shape index (κ2) is 5.49. The van der Waals surface area contributed by atoms with Crippen molar-refractivity contribution in [3.05, 3.63) is 16.1 Å². The highest BCUT2D eigenvalue weighted by atomic mass is 32.1. The molecule has 1 aromatic rings. The van der Waals surface area contributed by atoms with Crippen molar-refractivity contribution in [2.75, 3.05) is 0 Å². The van der Waals surface area contributed by atoms with E-state index >= 15 is 0 Å². The van der Waals surface area contributed by atoms with E-state index in [1.807, 2.05) is 0 Å². The predicted octanol–water partition coefficient (Wildman–Crippen LogP) is 4.01. The molecule has 17 heavy (non-hydrogen) atoms. The molecule has 1 rings (SSSR count). The second-order valence-corrected chi connectivity index (χ2v) is 7.50. The number of nitrogens with zero attached hydrogens (tertiary/aromatic N) is 1. The van der Waals surface area contributed by atoms with Crippen molar-refractivity contribution >= 4 is 11.3 Å². The molecule has 0 spiro atoms. The minimum Gasteiger partial charge on any atom is -0.306 e. The molecule has 0 radical (unpaired) electrons. The van der Waals surface area contributed by atoms with Gasteiger partial charge < -0.3 is 5.32 Å². The van der Waals surface area contributed by atoms with Crippen molar-refractivity contribution < 1.29 is 0 Å². The molecule has 0 saturated heterocycles. The largest absolute Gasteiger partial charge is 0.306 e. The van der Waals surface area contributed by atoms with E-state index in [4.69, 9.17) is 0 Å². The van der Waals surface area contributed by atoms with Gasteiger partial charge in [-0.25, -0.2) is 4.98 Å². The summed E-state index contributed by atoms with van der Waals surface area (Å²) in [5, 5.41) is 7.01. The summed E-state index contributed by atoms with van der Waals surface area (Å²) in [6.45, 7) is 14.4. The molecule has 0 bridgehead atoms.